The number of halogens is 1. The number of nitrogens with one attached hydrogen (secondary N) is 2. The zero-order valence-corrected chi connectivity index (χ0v) is 17.5. The molecule has 1 rings (SSSR count). The van der Waals surface area contributed by atoms with E-state index in [2.05, 4.69) is 48.2 Å². The minimum atomic E-state index is 0. The monoisotopic (exact) mass is 424 g/mol. The number of guanidine groups is 1. The standard InChI is InChI=1S/C17H36N4.HI/c1-6-10-15-13-16(15)20-17(18-5)19-14(4)11-9-12-21(7-2)8-3;/h14-16H,6-13H2,1-5H3,(H2,18,19,20);1H. The predicted molar refractivity (Wildman–Crippen MR) is 108 cm³/mol. The van der Waals surface area contributed by atoms with E-state index in [0.717, 1.165) is 25.0 Å². The molecule has 3 atom stereocenters. The molecule has 1 saturated carbocycles. The largest absolute Gasteiger partial charge is 0.354 e. The molecule has 0 bridgehead atoms. The van der Waals surface area contributed by atoms with Crippen LogP contribution in [0.15, 0.2) is 4.99 Å². The Morgan fingerprint density at radius 3 is 2.50 bits per heavy atom. The molecule has 4 nitrogen and oxygen atoms in total. The van der Waals surface area contributed by atoms with Gasteiger partial charge >= 0.3 is 0 Å². The van der Waals surface area contributed by atoms with Gasteiger partial charge in [0.15, 0.2) is 5.96 Å². The molecule has 3 unspecified atom stereocenters. The molecule has 0 heterocycles. The van der Waals surface area contributed by atoms with Gasteiger partial charge in [0.25, 0.3) is 0 Å². The van der Waals surface area contributed by atoms with Crippen LogP contribution in [-0.2, 0) is 0 Å². The van der Waals surface area contributed by atoms with Crippen molar-refractivity contribution in [3.63, 3.8) is 0 Å². The van der Waals surface area contributed by atoms with Crippen molar-refractivity contribution in [1.29, 1.82) is 0 Å². The second-order valence-corrected chi connectivity index (χ2v) is 6.32. The van der Waals surface area contributed by atoms with E-state index in [1.54, 1.807) is 0 Å². The van der Waals surface area contributed by atoms with Crippen LogP contribution in [-0.4, -0.2) is 49.6 Å². The number of nitrogens with zero attached hydrogens (tertiary/aromatic N) is 2. The molecule has 0 spiro atoms. The van der Waals surface area contributed by atoms with Crippen LogP contribution >= 0.6 is 24.0 Å². The average molecular weight is 424 g/mol. The summed E-state index contributed by atoms with van der Waals surface area (Å²) in [5, 5.41) is 7.09. The third kappa shape index (κ3) is 8.56. The topological polar surface area (TPSA) is 39.7 Å². The molecular formula is C17H37IN4. The van der Waals surface area contributed by atoms with Crippen molar-refractivity contribution in [1.82, 2.24) is 15.5 Å². The lowest BCUT2D eigenvalue weighted by atomic mass is 10.2. The van der Waals surface area contributed by atoms with Gasteiger partial charge in [0.05, 0.1) is 0 Å². The van der Waals surface area contributed by atoms with Crippen molar-refractivity contribution in [2.75, 3.05) is 26.7 Å². The normalized spacial score (nSPS) is 22.2. The quantitative estimate of drug-likeness (QED) is 0.321. The van der Waals surface area contributed by atoms with Crippen LogP contribution in [0, 0.1) is 5.92 Å². The second kappa shape index (κ2) is 12.4. The van der Waals surface area contributed by atoms with Crippen molar-refractivity contribution >= 4 is 29.9 Å². The van der Waals surface area contributed by atoms with Gasteiger partial charge in [0.2, 0.25) is 0 Å². The molecule has 0 saturated heterocycles. The van der Waals surface area contributed by atoms with Crippen LogP contribution in [0.2, 0.25) is 0 Å². The molecule has 1 aliphatic rings. The van der Waals surface area contributed by atoms with Gasteiger partial charge in [-0.25, -0.2) is 0 Å². The van der Waals surface area contributed by atoms with E-state index in [0.29, 0.717) is 12.1 Å². The number of rotatable bonds is 10. The first-order valence-corrected chi connectivity index (χ1v) is 8.86. The van der Waals surface area contributed by atoms with Gasteiger partial charge in [0.1, 0.15) is 0 Å². The van der Waals surface area contributed by atoms with Crippen LogP contribution in [0.1, 0.15) is 59.8 Å². The summed E-state index contributed by atoms with van der Waals surface area (Å²) in [5.74, 6) is 1.85. The van der Waals surface area contributed by atoms with E-state index in [1.165, 1.54) is 38.6 Å². The van der Waals surface area contributed by atoms with E-state index in [4.69, 9.17) is 0 Å². The maximum Gasteiger partial charge on any atom is 0.191 e. The lowest BCUT2D eigenvalue weighted by Crippen LogP contribution is -2.43. The van der Waals surface area contributed by atoms with Gasteiger partial charge < -0.3 is 15.5 Å². The highest BCUT2D eigenvalue weighted by atomic mass is 127. The van der Waals surface area contributed by atoms with E-state index in [9.17, 15) is 0 Å². The fourth-order valence-corrected chi connectivity index (χ4v) is 2.93. The fraction of sp³-hybridized carbons (Fsp3) is 0.941. The summed E-state index contributed by atoms with van der Waals surface area (Å²) >= 11 is 0. The number of hydrogen-bond acceptors (Lipinski definition) is 2. The highest BCUT2D eigenvalue weighted by molar-refractivity contribution is 14.0. The summed E-state index contributed by atoms with van der Waals surface area (Å²) < 4.78 is 0. The number of hydrogen-bond donors (Lipinski definition) is 2. The van der Waals surface area contributed by atoms with Crippen LogP contribution in [0.25, 0.3) is 0 Å². The summed E-state index contributed by atoms with van der Waals surface area (Å²) in [4.78, 5) is 6.85. The Labute approximate surface area is 154 Å². The smallest absolute Gasteiger partial charge is 0.191 e. The molecule has 132 valence electrons. The highest BCUT2D eigenvalue weighted by Gasteiger charge is 2.36. The summed E-state index contributed by atoms with van der Waals surface area (Å²) in [6, 6.07) is 1.13. The summed E-state index contributed by atoms with van der Waals surface area (Å²) in [6.07, 6.45) is 6.38. The molecule has 22 heavy (non-hydrogen) atoms. The molecule has 2 N–H and O–H groups in total. The first-order chi connectivity index (χ1) is 10.1. The Hall–Kier alpha value is -0.0400. The highest BCUT2D eigenvalue weighted by Crippen LogP contribution is 2.34. The molecule has 0 radical (unpaired) electrons. The fourth-order valence-electron chi connectivity index (χ4n) is 2.93. The summed E-state index contributed by atoms with van der Waals surface area (Å²) in [5.41, 5.74) is 0. The third-order valence-corrected chi connectivity index (χ3v) is 4.52. The SMILES string of the molecule is CCCC1CC1NC(=NC)NC(C)CCCN(CC)CC.I. The minimum absolute atomic E-state index is 0. The van der Waals surface area contributed by atoms with E-state index < -0.39 is 0 Å². The Morgan fingerprint density at radius 1 is 1.27 bits per heavy atom. The van der Waals surface area contributed by atoms with Crippen molar-refractivity contribution in [2.45, 2.75) is 71.9 Å². The van der Waals surface area contributed by atoms with E-state index >= 15 is 0 Å². The first-order valence-electron chi connectivity index (χ1n) is 8.86. The van der Waals surface area contributed by atoms with Gasteiger partial charge in [-0.1, -0.05) is 27.2 Å². The first kappa shape index (κ1) is 22.0. The Balaban J connectivity index is 0.00000441. The van der Waals surface area contributed by atoms with Crippen molar-refractivity contribution in [3.8, 4) is 0 Å². The zero-order chi connectivity index (χ0) is 15.7. The molecule has 1 aliphatic carbocycles. The van der Waals surface area contributed by atoms with Gasteiger partial charge in [-0.3, -0.25) is 4.99 Å². The minimum Gasteiger partial charge on any atom is -0.354 e. The molecular weight excluding hydrogens is 387 g/mol. The molecule has 0 aromatic rings. The van der Waals surface area contributed by atoms with Crippen molar-refractivity contribution < 1.29 is 0 Å². The van der Waals surface area contributed by atoms with E-state index in [1.807, 2.05) is 7.05 Å². The predicted octanol–water partition coefficient (Wildman–Crippen LogP) is 3.47. The van der Waals surface area contributed by atoms with Gasteiger partial charge in [-0.15, -0.1) is 24.0 Å². The number of aliphatic imine (C=N–C) groups is 1. The van der Waals surface area contributed by atoms with Crippen LogP contribution < -0.4 is 10.6 Å². The van der Waals surface area contributed by atoms with Crippen LogP contribution in [0.4, 0.5) is 0 Å². The molecule has 0 amide bonds. The lowest BCUT2D eigenvalue weighted by Gasteiger charge is -2.21. The second-order valence-electron chi connectivity index (χ2n) is 6.32. The molecule has 1 fully saturated rings. The Bertz CT molecular complexity index is 305. The summed E-state index contributed by atoms with van der Waals surface area (Å²) in [7, 11) is 1.87. The Kier molecular flexibility index (Phi) is 12.4. The molecule has 5 heteroatoms. The van der Waals surface area contributed by atoms with Gasteiger partial charge in [-0.05, 0) is 58.2 Å². The zero-order valence-electron chi connectivity index (χ0n) is 15.2. The van der Waals surface area contributed by atoms with Crippen LogP contribution in [0.3, 0.4) is 0 Å². The lowest BCUT2D eigenvalue weighted by molar-refractivity contribution is 0.292. The maximum absolute atomic E-state index is 4.36. The Morgan fingerprint density at radius 2 is 1.95 bits per heavy atom. The van der Waals surface area contributed by atoms with E-state index in [-0.39, 0.29) is 24.0 Å². The third-order valence-electron chi connectivity index (χ3n) is 4.52. The van der Waals surface area contributed by atoms with Crippen molar-refractivity contribution in [3.05, 3.63) is 0 Å². The van der Waals surface area contributed by atoms with Crippen LogP contribution in [0.5, 0.6) is 0 Å². The van der Waals surface area contributed by atoms with Crippen molar-refractivity contribution in [2.24, 2.45) is 10.9 Å². The summed E-state index contributed by atoms with van der Waals surface area (Å²) in [6.45, 7) is 12.5. The maximum atomic E-state index is 4.36. The van der Waals surface area contributed by atoms with Gasteiger partial charge in [-0.2, -0.15) is 0 Å². The molecule has 0 aliphatic heterocycles. The average Bonchev–Trinajstić information content (AvgIpc) is 3.21. The van der Waals surface area contributed by atoms with Gasteiger partial charge in [0, 0.05) is 19.1 Å². The molecule has 0 aromatic heterocycles. The molecule has 0 aromatic carbocycles.